The molecule has 0 aliphatic heterocycles. The quantitative estimate of drug-likeness (QED) is 0.766. The van der Waals surface area contributed by atoms with Gasteiger partial charge in [-0.05, 0) is 30.8 Å². The molecule has 0 amide bonds. The second kappa shape index (κ2) is 7.63. The van der Waals surface area contributed by atoms with Crippen LogP contribution in [0.2, 0.25) is 0 Å². The first kappa shape index (κ1) is 16.1. The fourth-order valence-corrected chi connectivity index (χ4v) is 3.05. The van der Waals surface area contributed by atoms with Gasteiger partial charge in [0.1, 0.15) is 12.4 Å². The van der Waals surface area contributed by atoms with Crippen molar-refractivity contribution >= 4 is 28.7 Å². The van der Waals surface area contributed by atoms with E-state index < -0.39 is 0 Å². The largest absolute Gasteiger partial charge is 0.360 e. The molecular weight excluding hydrogens is 307 g/mol. The van der Waals surface area contributed by atoms with Crippen LogP contribution in [0.25, 0.3) is 0 Å². The molecule has 1 atom stereocenters. The third-order valence-corrected chi connectivity index (χ3v) is 4.21. The Balaban J connectivity index is 1.97. The number of rotatable bonds is 7. The predicted octanol–water partition coefficient (Wildman–Crippen LogP) is 2.31. The minimum atomic E-state index is -0.198. The maximum atomic E-state index is 13.2. The van der Waals surface area contributed by atoms with Crippen molar-refractivity contribution in [3.8, 4) is 0 Å². The summed E-state index contributed by atoms with van der Waals surface area (Å²) in [5, 5.41) is 8.58. The van der Waals surface area contributed by atoms with Gasteiger partial charge in [-0.25, -0.2) is 4.39 Å². The number of hydrogen-bond donors (Lipinski definition) is 2. The van der Waals surface area contributed by atoms with E-state index in [2.05, 4.69) is 17.3 Å². The van der Waals surface area contributed by atoms with Crippen molar-refractivity contribution in [2.24, 2.45) is 0 Å². The lowest BCUT2D eigenvalue weighted by Crippen LogP contribution is -3.07. The third-order valence-electron chi connectivity index (χ3n) is 2.95. The fourth-order valence-electron chi connectivity index (χ4n) is 2.02. The van der Waals surface area contributed by atoms with Crippen molar-refractivity contribution in [1.82, 2.24) is 9.78 Å². The van der Waals surface area contributed by atoms with Crippen LogP contribution in [0, 0.1) is 9.77 Å². The van der Waals surface area contributed by atoms with E-state index in [0.717, 1.165) is 34.2 Å². The molecule has 0 aliphatic rings. The van der Waals surface area contributed by atoms with Gasteiger partial charge in [-0.2, -0.15) is 4.68 Å². The summed E-state index contributed by atoms with van der Waals surface area (Å²) in [5.74, 6) is -0.198. The Bertz CT molecular complexity index is 638. The number of nitrogens with one attached hydrogen (secondary N) is 2. The highest BCUT2D eigenvalue weighted by atomic mass is 32.1. The summed E-state index contributed by atoms with van der Waals surface area (Å²) in [6.45, 7) is 4.41. The summed E-state index contributed by atoms with van der Waals surface area (Å²) in [4.78, 5) is 1.20. The molecule has 2 rings (SSSR count). The molecule has 0 fully saturated rings. The van der Waals surface area contributed by atoms with Crippen LogP contribution in [0.3, 0.4) is 0 Å². The average Bonchev–Trinajstić information content (AvgIpc) is 2.77. The van der Waals surface area contributed by atoms with E-state index in [1.54, 1.807) is 12.1 Å². The Morgan fingerprint density at radius 1 is 1.48 bits per heavy atom. The molecule has 0 spiro atoms. The predicted molar refractivity (Wildman–Crippen MR) is 86.7 cm³/mol. The van der Waals surface area contributed by atoms with Gasteiger partial charge in [-0.3, -0.25) is 0 Å². The normalized spacial score (nSPS) is 12.3. The standard InChI is InChI=1S/C14H19FN4S2/c1-3-7-16-13-17-19(14(20)21-13)10-18(2)9-11-5-4-6-12(15)8-11/h4-6,8H,3,7,9-10H2,1-2H3,(H,16,17)/p+1. The van der Waals surface area contributed by atoms with Crippen LogP contribution < -0.4 is 10.2 Å². The molecule has 21 heavy (non-hydrogen) atoms. The van der Waals surface area contributed by atoms with Crippen LogP contribution in [0.15, 0.2) is 24.3 Å². The summed E-state index contributed by atoms with van der Waals surface area (Å²) in [6, 6.07) is 6.69. The molecule has 1 aromatic heterocycles. The lowest BCUT2D eigenvalue weighted by molar-refractivity contribution is -0.917. The Kier molecular flexibility index (Phi) is 5.84. The topological polar surface area (TPSA) is 34.3 Å². The summed E-state index contributed by atoms with van der Waals surface area (Å²) in [5.41, 5.74) is 0.971. The van der Waals surface area contributed by atoms with Gasteiger partial charge in [0, 0.05) is 12.1 Å². The molecule has 1 aromatic carbocycles. The van der Waals surface area contributed by atoms with Gasteiger partial charge >= 0.3 is 0 Å². The van der Waals surface area contributed by atoms with Gasteiger partial charge in [0.05, 0.1) is 7.05 Å². The van der Waals surface area contributed by atoms with E-state index in [1.165, 1.54) is 22.3 Å². The average molecular weight is 327 g/mol. The number of nitrogens with zero attached hydrogens (tertiary/aromatic N) is 2. The maximum absolute atomic E-state index is 13.2. The van der Waals surface area contributed by atoms with Crippen molar-refractivity contribution in [3.05, 3.63) is 39.6 Å². The molecule has 0 radical (unpaired) electrons. The van der Waals surface area contributed by atoms with Gasteiger partial charge in [0.2, 0.25) is 5.13 Å². The van der Waals surface area contributed by atoms with E-state index in [4.69, 9.17) is 12.2 Å². The monoisotopic (exact) mass is 327 g/mol. The van der Waals surface area contributed by atoms with Gasteiger partial charge < -0.3 is 10.2 Å². The first-order valence-electron chi connectivity index (χ1n) is 6.96. The second-order valence-electron chi connectivity index (χ2n) is 5.02. The molecule has 7 heteroatoms. The molecular formula is C14H20FN4S2+. The molecule has 2 N–H and O–H groups in total. The molecule has 114 valence electrons. The summed E-state index contributed by atoms with van der Waals surface area (Å²) < 4.78 is 15.8. The van der Waals surface area contributed by atoms with Gasteiger partial charge in [-0.15, -0.1) is 5.10 Å². The highest BCUT2D eigenvalue weighted by molar-refractivity contribution is 7.73. The Hall–Kier alpha value is -1.31. The summed E-state index contributed by atoms with van der Waals surface area (Å²) in [6.07, 6.45) is 1.05. The zero-order valence-corrected chi connectivity index (χ0v) is 13.9. The fraction of sp³-hybridized carbons (Fsp3) is 0.429. The van der Waals surface area contributed by atoms with E-state index >= 15 is 0 Å². The lowest BCUT2D eigenvalue weighted by atomic mass is 10.2. The molecule has 1 heterocycles. The SMILES string of the molecule is CCCNc1nn(C[NH+](C)Cc2cccc(F)c2)c(=S)s1. The van der Waals surface area contributed by atoms with Crippen molar-refractivity contribution < 1.29 is 9.29 Å². The molecule has 2 aromatic rings. The van der Waals surface area contributed by atoms with Crippen molar-refractivity contribution in [2.45, 2.75) is 26.6 Å². The first-order valence-corrected chi connectivity index (χ1v) is 8.18. The molecule has 0 saturated carbocycles. The van der Waals surface area contributed by atoms with Gasteiger partial charge in [0.15, 0.2) is 10.6 Å². The van der Waals surface area contributed by atoms with Gasteiger partial charge in [0.25, 0.3) is 0 Å². The van der Waals surface area contributed by atoms with Crippen LogP contribution in [-0.2, 0) is 13.2 Å². The lowest BCUT2D eigenvalue weighted by Gasteiger charge is -2.13. The van der Waals surface area contributed by atoms with Crippen molar-refractivity contribution in [3.63, 3.8) is 0 Å². The molecule has 0 bridgehead atoms. The van der Waals surface area contributed by atoms with E-state index in [0.29, 0.717) is 6.67 Å². The van der Waals surface area contributed by atoms with Crippen LogP contribution >= 0.6 is 23.6 Å². The highest BCUT2D eigenvalue weighted by Crippen LogP contribution is 2.13. The third kappa shape index (κ3) is 4.87. The van der Waals surface area contributed by atoms with E-state index in [1.807, 2.05) is 17.8 Å². The number of anilines is 1. The van der Waals surface area contributed by atoms with Crippen LogP contribution in [-0.4, -0.2) is 23.4 Å². The van der Waals surface area contributed by atoms with Crippen molar-refractivity contribution in [1.29, 1.82) is 0 Å². The Morgan fingerprint density at radius 3 is 3.00 bits per heavy atom. The van der Waals surface area contributed by atoms with Crippen molar-refractivity contribution in [2.75, 3.05) is 18.9 Å². The van der Waals surface area contributed by atoms with Crippen LogP contribution in [0.1, 0.15) is 18.9 Å². The van der Waals surface area contributed by atoms with Crippen LogP contribution in [0.4, 0.5) is 9.52 Å². The summed E-state index contributed by atoms with van der Waals surface area (Å²) in [7, 11) is 2.05. The summed E-state index contributed by atoms with van der Waals surface area (Å²) >= 11 is 6.82. The zero-order valence-electron chi connectivity index (χ0n) is 12.2. The smallest absolute Gasteiger partial charge is 0.204 e. The van der Waals surface area contributed by atoms with Gasteiger partial charge in [-0.1, -0.05) is 30.4 Å². The molecule has 4 nitrogen and oxygen atoms in total. The highest BCUT2D eigenvalue weighted by Gasteiger charge is 2.09. The number of halogens is 1. The first-order chi connectivity index (χ1) is 10.1. The maximum Gasteiger partial charge on any atom is 0.204 e. The molecule has 0 aliphatic carbocycles. The number of hydrogen-bond acceptors (Lipinski definition) is 4. The Morgan fingerprint density at radius 2 is 2.29 bits per heavy atom. The van der Waals surface area contributed by atoms with Crippen LogP contribution in [0.5, 0.6) is 0 Å². The minimum absolute atomic E-state index is 0.198. The Labute approximate surface area is 133 Å². The second-order valence-corrected chi connectivity index (χ2v) is 6.64. The number of benzene rings is 1. The zero-order chi connectivity index (χ0) is 15.2. The molecule has 0 saturated heterocycles. The number of aromatic nitrogens is 2. The molecule has 1 unspecified atom stereocenters. The number of quaternary nitrogens is 1. The van der Waals surface area contributed by atoms with E-state index in [9.17, 15) is 4.39 Å². The van der Waals surface area contributed by atoms with E-state index in [-0.39, 0.29) is 5.82 Å². The minimum Gasteiger partial charge on any atom is -0.360 e.